The first-order chi connectivity index (χ1) is 6.09. The fourth-order valence-corrected chi connectivity index (χ4v) is 1.21. The van der Waals surface area contributed by atoms with Crippen LogP contribution in [0, 0.1) is 5.41 Å². The van der Waals surface area contributed by atoms with Crippen molar-refractivity contribution >= 4 is 0 Å². The van der Waals surface area contributed by atoms with E-state index in [1.54, 1.807) is 4.68 Å². The van der Waals surface area contributed by atoms with Crippen molar-refractivity contribution in [3.05, 3.63) is 11.9 Å². The van der Waals surface area contributed by atoms with Crippen molar-refractivity contribution in [2.24, 2.45) is 12.5 Å². The van der Waals surface area contributed by atoms with Crippen LogP contribution in [0.5, 0.6) is 0 Å². The minimum absolute atomic E-state index is 0.0595. The number of aliphatic hydroxyl groups is 1. The van der Waals surface area contributed by atoms with Crippen LogP contribution >= 0.6 is 0 Å². The van der Waals surface area contributed by atoms with Gasteiger partial charge in [0.1, 0.15) is 0 Å². The summed E-state index contributed by atoms with van der Waals surface area (Å²) in [5.41, 5.74) is 0.886. The summed E-state index contributed by atoms with van der Waals surface area (Å²) < 4.78 is 1.68. The van der Waals surface area contributed by atoms with E-state index in [9.17, 15) is 5.11 Å². The quantitative estimate of drug-likeness (QED) is 0.750. The van der Waals surface area contributed by atoms with Gasteiger partial charge in [-0.05, 0) is 11.8 Å². The maximum Gasteiger partial charge on any atom is 0.0833 e. The molecule has 0 aliphatic carbocycles. The molecule has 1 atom stereocenters. The molecule has 1 rings (SSSR count). The summed E-state index contributed by atoms with van der Waals surface area (Å²) in [6, 6.07) is 0. The minimum Gasteiger partial charge on any atom is -0.396 e. The van der Waals surface area contributed by atoms with Gasteiger partial charge in [0.15, 0.2) is 0 Å². The highest BCUT2D eigenvalue weighted by Gasteiger charge is 2.22. The molecule has 0 bridgehead atoms. The molecular weight excluding hydrogens is 166 g/mol. The number of aryl methyl sites for hydroxylation is 1. The van der Waals surface area contributed by atoms with Crippen molar-refractivity contribution in [3.8, 4) is 0 Å². The van der Waals surface area contributed by atoms with Crippen LogP contribution < -0.4 is 0 Å². The van der Waals surface area contributed by atoms with Crippen molar-refractivity contribution in [2.75, 3.05) is 6.61 Å². The molecule has 1 unspecified atom stereocenters. The van der Waals surface area contributed by atoms with Crippen LogP contribution in [0.1, 0.15) is 26.0 Å². The van der Waals surface area contributed by atoms with E-state index in [0.29, 0.717) is 0 Å². The molecule has 1 aromatic heterocycles. The first-order valence-corrected chi connectivity index (χ1v) is 4.56. The SMILES string of the molecule is CCC(C)(CO)Cc1cn(C)nn1. The third kappa shape index (κ3) is 2.52. The van der Waals surface area contributed by atoms with E-state index in [0.717, 1.165) is 18.5 Å². The Morgan fingerprint density at radius 1 is 1.62 bits per heavy atom. The average molecular weight is 183 g/mol. The van der Waals surface area contributed by atoms with Crippen molar-refractivity contribution < 1.29 is 5.11 Å². The molecule has 0 saturated heterocycles. The summed E-state index contributed by atoms with van der Waals surface area (Å²) in [5.74, 6) is 0. The lowest BCUT2D eigenvalue weighted by Crippen LogP contribution is -2.23. The molecular formula is C9H17N3O. The van der Waals surface area contributed by atoms with Crippen LogP contribution in [0.2, 0.25) is 0 Å². The number of hydrogen-bond acceptors (Lipinski definition) is 3. The Hall–Kier alpha value is -0.900. The zero-order valence-electron chi connectivity index (χ0n) is 8.49. The fraction of sp³-hybridized carbons (Fsp3) is 0.778. The Balaban J connectivity index is 2.67. The molecule has 74 valence electrons. The van der Waals surface area contributed by atoms with Gasteiger partial charge < -0.3 is 5.11 Å². The first-order valence-electron chi connectivity index (χ1n) is 4.56. The van der Waals surface area contributed by atoms with Gasteiger partial charge in [-0.1, -0.05) is 19.1 Å². The monoisotopic (exact) mass is 183 g/mol. The largest absolute Gasteiger partial charge is 0.396 e. The second-order valence-corrected chi connectivity index (χ2v) is 3.88. The third-order valence-electron chi connectivity index (χ3n) is 2.49. The average Bonchev–Trinajstić information content (AvgIpc) is 2.51. The van der Waals surface area contributed by atoms with Gasteiger partial charge in [0, 0.05) is 26.3 Å². The molecule has 0 amide bonds. The second-order valence-electron chi connectivity index (χ2n) is 3.88. The summed E-state index contributed by atoms with van der Waals surface area (Å²) in [5, 5.41) is 17.1. The van der Waals surface area contributed by atoms with Gasteiger partial charge in [0.2, 0.25) is 0 Å². The molecule has 0 aromatic carbocycles. The highest BCUT2D eigenvalue weighted by Crippen LogP contribution is 2.24. The molecule has 0 fully saturated rings. The standard InChI is InChI=1S/C9H17N3O/c1-4-9(2,7-13)5-8-6-12(3)11-10-8/h6,13H,4-5,7H2,1-3H3. The Labute approximate surface area is 78.6 Å². The van der Waals surface area contributed by atoms with Crippen LogP contribution in [-0.2, 0) is 13.5 Å². The van der Waals surface area contributed by atoms with Crippen molar-refractivity contribution in [1.29, 1.82) is 0 Å². The lowest BCUT2D eigenvalue weighted by molar-refractivity contribution is 0.136. The molecule has 0 aliphatic rings. The third-order valence-corrected chi connectivity index (χ3v) is 2.49. The van der Waals surface area contributed by atoms with Gasteiger partial charge in [-0.25, -0.2) is 0 Å². The van der Waals surface area contributed by atoms with Crippen LogP contribution in [0.25, 0.3) is 0 Å². The lowest BCUT2D eigenvalue weighted by Gasteiger charge is -2.23. The normalized spacial score (nSPS) is 15.7. The predicted molar refractivity (Wildman–Crippen MR) is 50.2 cm³/mol. The van der Waals surface area contributed by atoms with Gasteiger partial charge in [-0.2, -0.15) is 0 Å². The summed E-state index contributed by atoms with van der Waals surface area (Å²) in [7, 11) is 1.85. The van der Waals surface area contributed by atoms with E-state index >= 15 is 0 Å². The van der Waals surface area contributed by atoms with Gasteiger partial charge >= 0.3 is 0 Å². The van der Waals surface area contributed by atoms with Crippen molar-refractivity contribution in [2.45, 2.75) is 26.7 Å². The zero-order valence-corrected chi connectivity index (χ0v) is 8.49. The molecule has 1 aromatic rings. The van der Waals surface area contributed by atoms with E-state index in [-0.39, 0.29) is 12.0 Å². The van der Waals surface area contributed by atoms with Crippen LogP contribution in [0.3, 0.4) is 0 Å². The van der Waals surface area contributed by atoms with E-state index < -0.39 is 0 Å². The van der Waals surface area contributed by atoms with Crippen LogP contribution in [-0.4, -0.2) is 26.7 Å². The van der Waals surface area contributed by atoms with E-state index in [2.05, 4.69) is 24.2 Å². The Kier molecular flexibility index (Phi) is 3.03. The highest BCUT2D eigenvalue weighted by molar-refractivity contribution is 4.97. The van der Waals surface area contributed by atoms with E-state index in [4.69, 9.17) is 0 Å². The fourth-order valence-electron chi connectivity index (χ4n) is 1.21. The van der Waals surface area contributed by atoms with Crippen LogP contribution in [0.15, 0.2) is 6.20 Å². The first kappa shape index (κ1) is 10.2. The maximum atomic E-state index is 9.20. The number of aromatic nitrogens is 3. The molecule has 1 N–H and O–H groups in total. The second kappa shape index (κ2) is 3.87. The topological polar surface area (TPSA) is 50.9 Å². The minimum atomic E-state index is -0.0595. The smallest absolute Gasteiger partial charge is 0.0833 e. The molecule has 0 radical (unpaired) electrons. The molecule has 0 spiro atoms. The van der Waals surface area contributed by atoms with Gasteiger partial charge in [-0.3, -0.25) is 4.68 Å². The predicted octanol–water partition coefficient (Wildman–Crippen LogP) is 0.766. The van der Waals surface area contributed by atoms with Gasteiger partial charge in [-0.15, -0.1) is 5.10 Å². The molecule has 0 aliphatic heterocycles. The van der Waals surface area contributed by atoms with E-state index in [1.807, 2.05) is 13.2 Å². The molecule has 4 heteroatoms. The summed E-state index contributed by atoms with van der Waals surface area (Å²) in [6.45, 7) is 4.33. The van der Waals surface area contributed by atoms with Gasteiger partial charge in [0.05, 0.1) is 5.69 Å². The molecule has 13 heavy (non-hydrogen) atoms. The maximum absolute atomic E-state index is 9.20. The Morgan fingerprint density at radius 2 is 2.31 bits per heavy atom. The van der Waals surface area contributed by atoms with E-state index in [1.165, 1.54) is 0 Å². The lowest BCUT2D eigenvalue weighted by atomic mass is 9.84. The number of rotatable bonds is 4. The summed E-state index contributed by atoms with van der Waals surface area (Å²) >= 11 is 0. The Bertz CT molecular complexity index is 266. The molecule has 0 saturated carbocycles. The van der Waals surface area contributed by atoms with Crippen LogP contribution in [0.4, 0.5) is 0 Å². The zero-order chi connectivity index (χ0) is 9.90. The van der Waals surface area contributed by atoms with Crippen molar-refractivity contribution in [1.82, 2.24) is 15.0 Å². The number of aliphatic hydroxyl groups excluding tert-OH is 1. The highest BCUT2D eigenvalue weighted by atomic mass is 16.3. The number of hydrogen-bond donors (Lipinski definition) is 1. The Morgan fingerprint density at radius 3 is 2.69 bits per heavy atom. The summed E-state index contributed by atoms with van der Waals surface area (Å²) in [4.78, 5) is 0. The molecule has 4 nitrogen and oxygen atoms in total. The summed E-state index contributed by atoms with van der Waals surface area (Å²) in [6.07, 6.45) is 3.62. The van der Waals surface area contributed by atoms with Crippen molar-refractivity contribution in [3.63, 3.8) is 0 Å². The number of nitrogens with zero attached hydrogens (tertiary/aromatic N) is 3. The molecule has 1 heterocycles. The van der Waals surface area contributed by atoms with Gasteiger partial charge in [0.25, 0.3) is 0 Å².